The van der Waals surface area contributed by atoms with Gasteiger partial charge in [-0.3, -0.25) is 14.9 Å². The van der Waals surface area contributed by atoms with E-state index < -0.39 is 4.92 Å². The second-order valence-electron chi connectivity index (χ2n) is 4.27. The zero-order chi connectivity index (χ0) is 14.3. The molecule has 0 radical (unpaired) electrons. The van der Waals surface area contributed by atoms with Gasteiger partial charge < -0.3 is 10.6 Å². The summed E-state index contributed by atoms with van der Waals surface area (Å²) in [5, 5.41) is 16.6. The van der Waals surface area contributed by atoms with Crippen LogP contribution < -0.4 is 10.6 Å². The fourth-order valence-corrected chi connectivity index (χ4v) is 1.70. The summed E-state index contributed by atoms with van der Waals surface area (Å²) in [6.07, 6.45) is 0.880. The van der Waals surface area contributed by atoms with E-state index in [0.29, 0.717) is 12.1 Å². The van der Waals surface area contributed by atoms with Crippen LogP contribution in [0.2, 0.25) is 0 Å². The van der Waals surface area contributed by atoms with Crippen LogP contribution in [-0.4, -0.2) is 23.9 Å². The van der Waals surface area contributed by atoms with Crippen LogP contribution in [0.3, 0.4) is 0 Å². The van der Waals surface area contributed by atoms with Gasteiger partial charge in [0.25, 0.3) is 5.69 Å². The molecular weight excluding hydrogens is 246 g/mol. The van der Waals surface area contributed by atoms with E-state index in [1.807, 2.05) is 6.92 Å². The van der Waals surface area contributed by atoms with Gasteiger partial charge in [0.05, 0.1) is 11.5 Å². The molecule has 1 amide bonds. The molecule has 0 fully saturated rings. The first kappa shape index (κ1) is 15.1. The lowest BCUT2D eigenvalue weighted by Gasteiger charge is -2.14. The maximum Gasteiger partial charge on any atom is 0.274 e. The monoisotopic (exact) mass is 265 g/mol. The number of nitrogens with one attached hydrogen (secondary N) is 2. The molecule has 1 aromatic carbocycles. The van der Waals surface area contributed by atoms with E-state index in [-0.39, 0.29) is 24.2 Å². The summed E-state index contributed by atoms with van der Waals surface area (Å²) in [7, 11) is 0. The minimum absolute atomic E-state index is 0.0662. The number of hydrogen-bond donors (Lipinski definition) is 2. The third kappa shape index (κ3) is 4.67. The van der Waals surface area contributed by atoms with E-state index in [1.54, 1.807) is 25.1 Å². The standard InChI is InChI=1S/C13H19N3O3/c1-3-8-14-13(17)9-15-10(2)11-6-4-5-7-12(11)16(18)19/h4-7,10,15H,3,8-9H2,1-2H3,(H,14,17). The summed E-state index contributed by atoms with van der Waals surface area (Å²) in [5.41, 5.74) is 0.646. The lowest BCUT2D eigenvalue weighted by molar-refractivity contribution is -0.385. The van der Waals surface area contributed by atoms with Crippen molar-refractivity contribution >= 4 is 11.6 Å². The molecule has 0 aliphatic heterocycles. The van der Waals surface area contributed by atoms with Crippen molar-refractivity contribution in [2.75, 3.05) is 13.1 Å². The molecule has 0 saturated carbocycles. The molecule has 1 aromatic rings. The van der Waals surface area contributed by atoms with Crippen LogP contribution in [0.5, 0.6) is 0 Å². The van der Waals surface area contributed by atoms with Crippen LogP contribution in [0.15, 0.2) is 24.3 Å². The van der Waals surface area contributed by atoms with Crippen molar-refractivity contribution in [3.8, 4) is 0 Å². The molecule has 0 heterocycles. The number of carbonyl (C=O) groups excluding carboxylic acids is 1. The molecule has 2 N–H and O–H groups in total. The molecule has 1 atom stereocenters. The quantitative estimate of drug-likeness (QED) is 0.581. The van der Waals surface area contributed by atoms with Gasteiger partial charge in [0.1, 0.15) is 0 Å². The summed E-state index contributed by atoms with van der Waals surface area (Å²) < 4.78 is 0. The Hall–Kier alpha value is -1.95. The van der Waals surface area contributed by atoms with Gasteiger partial charge in [-0.2, -0.15) is 0 Å². The van der Waals surface area contributed by atoms with E-state index in [4.69, 9.17) is 0 Å². The number of rotatable bonds is 7. The predicted molar refractivity (Wildman–Crippen MR) is 72.8 cm³/mol. The average molecular weight is 265 g/mol. The van der Waals surface area contributed by atoms with E-state index in [2.05, 4.69) is 10.6 Å². The Labute approximate surface area is 112 Å². The highest BCUT2D eigenvalue weighted by molar-refractivity contribution is 5.78. The van der Waals surface area contributed by atoms with Gasteiger partial charge in [0, 0.05) is 24.2 Å². The molecule has 6 nitrogen and oxygen atoms in total. The Morgan fingerprint density at radius 2 is 2.11 bits per heavy atom. The van der Waals surface area contributed by atoms with Crippen molar-refractivity contribution in [1.29, 1.82) is 0 Å². The van der Waals surface area contributed by atoms with Crippen LogP contribution in [0.25, 0.3) is 0 Å². The number of nitro benzene ring substituents is 1. The SMILES string of the molecule is CCCNC(=O)CNC(C)c1ccccc1[N+](=O)[O-]. The second kappa shape index (κ2) is 7.48. The molecule has 1 unspecified atom stereocenters. The van der Waals surface area contributed by atoms with E-state index in [0.717, 1.165) is 6.42 Å². The molecule has 0 aliphatic carbocycles. The Morgan fingerprint density at radius 1 is 1.42 bits per heavy atom. The number of para-hydroxylation sites is 1. The van der Waals surface area contributed by atoms with Crippen molar-refractivity contribution in [3.63, 3.8) is 0 Å². The predicted octanol–water partition coefficient (Wildman–Crippen LogP) is 1.77. The molecule has 0 bridgehead atoms. The highest BCUT2D eigenvalue weighted by Crippen LogP contribution is 2.23. The van der Waals surface area contributed by atoms with Crippen molar-refractivity contribution < 1.29 is 9.72 Å². The molecule has 19 heavy (non-hydrogen) atoms. The first-order chi connectivity index (χ1) is 9.06. The third-order valence-electron chi connectivity index (χ3n) is 2.74. The van der Waals surface area contributed by atoms with Crippen LogP contribution in [-0.2, 0) is 4.79 Å². The summed E-state index contributed by atoms with van der Waals surface area (Å²) >= 11 is 0. The van der Waals surface area contributed by atoms with Crippen LogP contribution in [0, 0.1) is 10.1 Å². The zero-order valence-electron chi connectivity index (χ0n) is 11.2. The van der Waals surface area contributed by atoms with Crippen molar-refractivity contribution in [2.45, 2.75) is 26.3 Å². The van der Waals surface area contributed by atoms with E-state index in [9.17, 15) is 14.9 Å². The van der Waals surface area contributed by atoms with Gasteiger partial charge in [-0.25, -0.2) is 0 Å². The maximum absolute atomic E-state index is 11.4. The normalized spacial score (nSPS) is 11.9. The Morgan fingerprint density at radius 3 is 2.74 bits per heavy atom. The Balaban J connectivity index is 2.61. The highest BCUT2D eigenvalue weighted by Gasteiger charge is 2.18. The van der Waals surface area contributed by atoms with E-state index in [1.165, 1.54) is 6.07 Å². The maximum atomic E-state index is 11.4. The van der Waals surface area contributed by atoms with Gasteiger partial charge in [-0.1, -0.05) is 25.1 Å². The van der Waals surface area contributed by atoms with Gasteiger partial charge in [0.2, 0.25) is 5.91 Å². The summed E-state index contributed by atoms with van der Waals surface area (Å²) in [5.74, 6) is -0.104. The zero-order valence-corrected chi connectivity index (χ0v) is 11.2. The number of nitro groups is 1. The van der Waals surface area contributed by atoms with Gasteiger partial charge >= 0.3 is 0 Å². The number of hydrogen-bond acceptors (Lipinski definition) is 4. The fourth-order valence-electron chi connectivity index (χ4n) is 1.70. The van der Waals surface area contributed by atoms with Gasteiger partial charge in [-0.05, 0) is 13.3 Å². The van der Waals surface area contributed by atoms with Gasteiger partial charge in [-0.15, -0.1) is 0 Å². The van der Waals surface area contributed by atoms with Crippen molar-refractivity contribution in [3.05, 3.63) is 39.9 Å². The highest BCUT2D eigenvalue weighted by atomic mass is 16.6. The molecular formula is C13H19N3O3. The second-order valence-corrected chi connectivity index (χ2v) is 4.27. The summed E-state index contributed by atoms with van der Waals surface area (Å²) in [6, 6.07) is 6.28. The molecule has 104 valence electrons. The lowest BCUT2D eigenvalue weighted by atomic mass is 10.1. The molecule has 6 heteroatoms. The number of carbonyl (C=O) groups is 1. The third-order valence-corrected chi connectivity index (χ3v) is 2.74. The van der Waals surface area contributed by atoms with Crippen LogP contribution >= 0.6 is 0 Å². The molecule has 0 aromatic heterocycles. The molecule has 0 saturated heterocycles. The summed E-state index contributed by atoms with van der Waals surface area (Å²) in [4.78, 5) is 21.9. The fraction of sp³-hybridized carbons (Fsp3) is 0.462. The van der Waals surface area contributed by atoms with Crippen LogP contribution in [0.4, 0.5) is 5.69 Å². The van der Waals surface area contributed by atoms with Crippen molar-refractivity contribution in [2.24, 2.45) is 0 Å². The summed E-state index contributed by atoms with van der Waals surface area (Å²) in [6.45, 7) is 4.56. The topological polar surface area (TPSA) is 84.3 Å². The molecule has 0 aliphatic rings. The van der Waals surface area contributed by atoms with Crippen molar-refractivity contribution in [1.82, 2.24) is 10.6 Å². The largest absolute Gasteiger partial charge is 0.355 e. The smallest absolute Gasteiger partial charge is 0.274 e. The molecule has 0 spiro atoms. The molecule has 1 rings (SSSR count). The average Bonchev–Trinajstić information content (AvgIpc) is 2.42. The minimum Gasteiger partial charge on any atom is -0.355 e. The number of benzene rings is 1. The number of nitrogens with zero attached hydrogens (tertiary/aromatic N) is 1. The van der Waals surface area contributed by atoms with E-state index >= 15 is 0 Å². The first-order valence-electron chi connectivity index (χ1n) is 6.29. The first-order valence-corrected chi connectivity index (χ1v) is 6.29. The number of amides is 1. The Bertz CT molecular complexity index is 449. The lowest BCUT2D eigenvalue weighted by Crippen LogP contribution is -2.35. The Kier molecular flexibility index (Phi) is 5.95. The minimum atomic E-state index is -0.412. The van der Waals surface area contributed by atoms with Crippen LogP contribution in [0.1, 0.15) is 31.9 Å². The van der Waals surface area contributed by atoms with Gasteiger partial charge in [0.15, 0.2) is 0 Å².